The van der Waals surface area contributed by atoms with E-state index in [1.807, 2.05) is 6.07 Å². The summed E-state index contributed by atoms with van der Waals surface area (Å²) in [7, 11) is 0. The molecule has 4 amide bonds. The molecule has 28 heavy (non-hydrogen) atoms. The molecule has 4 heterocycles. The monoisotopic (exact) mass is 382 g/mol. The van der Waals surface area contributed by atoms with Gasteiger partial charge in [0.2, 0.25) is 11.8 Å². The van der Waals surface area contributed by atoms with Crippen LogP contribution in [0.25, 0.3) is 0 Å². The van der Waals surface area contributed by atoms with E-state index in [9.17, 15) is 19.2 Å². The molecule has 0 aliphatic carbocycles. The molecule has 0 radical (unpaired) electrons. The number of carbonyl (C=O) groups excluding carboxylic acids is 4. The number of amides is 4. The molecule has 3 saturated heterocycles. The molecule has 1 aromatic carbocycles. The van der Waals surface area contributed by atoms with Crippen LogP contribution in [0, 0.1) is 5.41 Å². The van der Waals surface area contributed by atoms with Crippen LogP contribution in [0.5, 0.6) is 0 Å². The lowest BCUT2D eigenvalue weighted by atomic mass is 9.75. The van der Waals surface area contributed by atoms with E-state index in [0.717, 1.165) is 43.2 Å². The molecule has 5 rings (SSSR count). The van der Waals surface area contributed by atoms with Gasteiger partial charge in [-0.25, -0.2) is 0 Å². The maximum Gasteiger partial charge on any atom is 0.262 e. The number of piperidine rings is 2. The second-order valence-corrected chi connectivity index (χ2v) is 8.31. The number of benzene rings is 1. The number of nitrogens with one attached hydrogen (secondary N) is 2. The van der Waals surface area contributed by atoms with Gasteiger partial charge in [-0.05, 0) is 37.5 Å². The molecular formula is C20H22N4O4. The van der Waals surface area contributed by atoms with Crippen molar-refractivity contribution >= 4 is 29.3 Å². The van der Waals surface area contributed by atoms with Crippen LogP contribution in [-0.4, -0.2) is 60.7 Å². The molecule has 0 aromatic heterocycles. The molecular weight excluding hydrogens is 360 g/mol. The van der Waals surface area contributed by atoms with E-state index in [0.29, 0.717) is 16.5 Å². The Morgan fingerprint density at radius 2 is 1.82 bits per heavy atom. The largest absolute Gasteiger partial charge is 0.371 e. The summed E-state index contributed by atoms with van der Waals surface area (Å²) in [5.41, 5.74) is 1.93. The van der Waals surface area contributed by atoms with Gasteiger partial charge < -0.3 is 10.2 Å². The van der Waals surface area contributed by atoms with Crippen LogP contribution in [0.4, 0.5) is 5.69 Å². The third kappa shape index (κ3) is 2.55. The fraction of sp³-hybridized carbons (Fsp3) is 0.500. The van der Waals surface area contributed by atoms with E-state index in [1.165, 1.54) is 6.42 Å². The Labute approximate surface area is 162 Å². The normalized spacial score (nSPS) is 26.4. The summed E-state index contributed by atoms with van der Waals surface area (Å²) in [6, 6.07) is 4.44. The molecule has 4 aliphatic rings. The number of fused-ring (bicyclic) bond motifs is 1. The number of anilines is 1. The highest BCUT2D eigenvalue weighted by Gasteiger charge is 2.45. The minimum Gasteiger partial charge on any atom is -0.371 e. The number of imide groups is 2. The SMILES string of the molecule is O=C1CCC(N2C(=O)c3ccc(N4CCCC5(CNC5)C4)cc3C2=O)C(=O)N1. The number of hydrogen-bond acceptors (Lipinski definition) is 6. The van der Waals surface area contributed by atoms with Crippen LogP contribution in [-0.2, 0) is 9.59 Å². The van der Waals surface area contributed by atoms with Crippen molar-refractivity contribution in [1.29, 1.82) is 0 Å². The standard InChI is InChI=1S/C20H22N4O4/c25-16-5-4-15(17(26)22-16)24-18(27)13-3-2-12(8-14(13)19(24)28)23-7-1-6-20(11-23)9-21-10-20/h2-3,8,15,21H,1,4-7,9-11H2,(H,22,25,26). The number of hydrogen-bond donors (Lipinski definition) is 2. The Balaban J connectivity index is 1.41. The molecule has 4 aliphatic heterocycles. The van der Waals surface area contributed by atoms with Crippen molar-refractivity contribution in [2.24, 2.45) is 5.41 Å². The predicted molar refractivity (Wildman–Crippen MR) is 99.9 cm³/mol. The minimum atomic E-state index is -0.923. The zero-order valence-electron chi connectivity index (χ0n) is 15.5. The van der Waals surface area contributed by atoms with Crippen molar-refractivity contribution in [3.63, 3.8) is 0 Å². The summed E-state index contributed by atoms with van der Waals surface area (Å²) in [4.78, 5) is 52.6. The quantitative estimate of drug-likeness (QED) is 0.713. The van der Waals surface area contributed by atoms with Crippen molar-refractivity contribution in [1.82, 2.24) is 15.5 Å². The summed E-state index contributed by atoms with van der Waals surface area (Å²) in [5.74, 6) is -1.86. The molecule has 146 valence electrons. The van der Waals surface area contributed by atoms with Gasteiger partial charge in [0.1, 0.15) is 6.04 Å². The van der Waals surface area contributed by atoms with Gasteiger partial charge in [-0.15, -0.1) is 0 Å². The molecule has 8 nitrogen and oxygen atoms in total. The fourth-order valence-corrected chi connectivity index (χ4v) is 4.85. The Morgan fingerprint density at radius 1 is 1.04 bits per heavy atom. The smallest absolute Gasteiger partial charge is 0.262 e. The van der Waals surface area contributed by atoms with E-state index in [1.54, 1.807) is 12.1 Å². The number of carbonyl (C=O) groups is 4. The molecule has 1 atom stereocenters. The number of rotatable bonds is 2. The Morgan fingerprint density at radius 3 is 2.54 bits per heavy atom. The molecule has 1 spiro atoms. The average Bonchev–Trinajstić information content (AvgIpc) is 2.91. The van der Waals surface area contributed by atoms with E-state index in [2.05, 4.69) is 15.5 Å². The van der Waals surface area contributed by atoms with Crippen molar-refractivity contribution < 1.29 is 19.2 Å². The third-order valence-corrected chi connectivity index (χ3v) is 6.45. The lowest BCUT2D eigenvalue weighted by Crippen LogP contribution is -2.61. The van der Waals surface area contributed by atoms with Crippen molar-refractivity contribution in [3.05, 3.63) is 29.3 Å². The highest BCUT2D eigenvalue weighted by Crippen LogP contribution is 2.37. The molecule has 8 heteroatoms. The highest BCUT2D eigenvalue weighted by molar-refractivity contribution is 6.23. The van der Waals surface area contributed by atoms with Crippen LogP contribution < -0.4 is 15.5 Å². The first-order valence-electron chi connectivity index (χ1n) is 9.79. The molecule has 0 saturated carbocycles. The van der Waals surface area contributed by atoms with Crippen LogP contribution in [0.2, 0.25) is 0 Å². The van der Waals surface area contributed by atoms with Gasteiger partial charge in [-0.3, -0.25) is 29.4 Å². The minimum absolute atomic E-state index is 0.124. The van der Waals surface area contributed by atoms with Gasteiger partial charge in [-0.2, -0.15) is 0 Å². The lowest BCUT2D eigenvalue weighted by molar-refractivity contribution is -0.136. The zero-order valence-corrected chi connectivity index (χ0v) is 15.5. The first-order chi connectivity index (χ1) is 13.5. The Bertz CT molecular complexity index is 907. The predicted octanol–water partition coefficient (Wildman–Crippen LogP) is 0.278. The molecule has 1 unspecified atom stereocenters. The summed E-state index contributed by atoms with van der Waals surface area (Å²) in [6.07, 6.45) is 2.61. The van der Waals surface area contributed by atoms with Gasteiger partial charge in [-0.1, -0.05) is 0 Å². The first kappa shape index (κ1) is 17.4. The van der Waals surface area contributed by atoms with Crippen molar-refractivity contribution in [3.8, 4) is 0 Å². The van der Waals surface area contributed by atoms with Gasteiger partial charge in [0, 0.05) is 43.7 Å². The van der Waals surface area contributed by atoms with Gasteiger partial charge in [0.25, 0.3) is 11.8 Å². The maximum atomic E-state index is 13.0. The van der Waals surface area contributed by atoms with Crippen LogP contribution >= 0.6 is 0 Å². The fourth-order valence-electron chi connectivity index (χ4n) is 4.85. The summed E-state index contributed by atoms with van der Waals surface area (Å²) in [5, 5.41) is 5.57. The third-order valence-electron chi connectivity index (χ3n) is 6.45. The molecule has 3 fully saturated rings. The molecule has 1 aromatic rings. The molecule has 2 N–H and O–H groups in total. The lowest BCUT2D eigenvalue weighted by Gasteiger charge is -2.50. The highest BCUT2D eigenvalue weighted by atomic mass is 16.2. The Kier molecular flexibility index (Phi) is 3.80. The van der Waals surface area contributed by atoms with Gasteiger partial charge in [0.05, 0.1) is 11.1 Å². The topological polar surface area (TPSA) is 98.8 Å². The number of nitrogens with zero attached hydrogens (tertiary/aromatic N) is 2. The Hall–Kier alpha value is -2.74. The summed E-state index contributed by atoms with van der Waals surface area (Å²) >= 11 is 0. The van der Waals surface area contributed by atoms with Crippen LogP contribution in [0.1, 0.15) is 46.4 Å². The molecule has 0 bridgehead atoms. The van der Waals surface area contributed by atoms with E-state index >= 15 is 0 Å². The van der Waals surface area contributed by atoms with Crippen molar-refractivity contribution in [2.75, 3.05) is 31.1 Å². The second-order valence-electron chi connectivity index (χ2n) is 8.31. The van der Waals surface area contributed by atoms with E-state index < -0.39 is 23.8 Å². The summed E-state index contributed by atoms with van der Waals surface area (Å²) < 4.78 is 0. The van der Waals surface area contributed by atoms with E-state index in [4.69, 9.17) is 0 Å². The van der Waals surface area contributed by atoms with Crippen molar-refractivity contribution in [2.45, 2.75) is 31.7 Å². The average molecular weight is 382 g/mol. The first-order valence-corrected chi connectivity index (χ1v) is 9.79. The van der Waals surface area contributed by atoms with Gasteiger partial charge >= 0.3 is 0 Å². The summed E-state index contributed by atoms with van der Waals surface area (Å²) in [6.45, 7) is 3.92. The second kappa shape index (κ2) is 6.13. The zero-order chi connectivity index (χ0) is 19.5. The van der Waals surface area contributed by atoms with Gasteiger partial charge in [0.15, 0.2) is 0 Å². The maximum absolute atomic E-state index is 13.0. The van der Waals surface area contributed by atoms with Crippen LogP contribution in [0.15, 0.2) is 18.2 Å². The van der Waals surface area contributed by atoms with E-state index in [-0.39, 0.29) is 18.7 Å². The van der Waals surface area contributed by atoms with Crippen LogP contribution in [0.3, 0.4) is 0 Å².